The van der Waals surface area contributed by atoms with Crippen LogP contribution in [0.5, 0.6) is 0 Å². The normalized spacial score (nSPS) is 10.4. The lowest BCUT2D eigenvalue weighted by Crippen LogP contribution is -2.24. The van der Waals surface area contributed by atoms with Crippen molar-refractivity contribution >= 4 is 17.4 Å². The maximum absolute atomic E-state index is 12.2. The van der Waals surface area contributed by atoms with Gasteiger partial charge in [0.2, 0.25) is 0 Å². The number of carbonyl (C=O) groups excluding carboxylic acids is 1. The third kappa shape index (κ3) is 5.40. The Kier molecular flexibility index (Phi) is 6.15. The molecule has 0 aliphatic heterocycles. The van der Waals surface area contributed by atoms with E-state index in [0.29, 0.717) is 11.4 Å². The molecule has 0 saturated carbocycles. The number of aryl methyl sites for hydroxylation is 2. The fourth-order valence-corrected chi connectivity index (χ4v) is 2.51. The van der Waals surface area contributed by atoms with Crippen LogP contribution in [-0.2, 0) is 0 Å². The average molecular weight is 311 g/mol. The SMILES string of the molecule is CCCCCNC(=O)c1ccnc(Nc2cc(C)cc(C)c2)c1. The van der Waals surface area contributed by atoms with Crippen LogP contribution in [0, 0.1) is 13.8 Å². The minimum atomic E-state index is -0.0491. The van der Waals surface area contributed by atoms with Crippen molar-refractivity contribution in [1.82, 2.24) is 10.3 Å². The van der Waals surface area contributed by atoms with E-state index < -0.39 is 0 Å². The fraction of sp³-hybridized carbons (Fsp3) is 0.368. The van der Waals surface area contributed by atoms with Crippen molar-refractivity contribution in [3.05, 3.63) is 53.2 Å². The fourth-order valence-electron chi connectivity index (χ4n) is 2.51. The first-order valence-electron chi connectivity index (χ1n) is 8.18. The molecule has 0 saturated heterocycles. The molecule has 1 heterocycles. The molecule has 0 bridgehead atoms. The molecule has 2 aromatic rings. The third-order valence-corrected chi connectivity index (χ3v) is 3.58. The minimum Gasteiger partial charge on any atom is -0.352 e. The number of carbonyl (C=O) groups is 1. The lowest BCUT2D eigenvalue weighted by atomic mass is 10.1. The van der Waals surface area contributed by atoms with Crippen molar-refractivity contribution in [2.24, 2.45) is 0 Å². The van der Waals surface area contributed by atoms with Gasteiger partial charge in [-0.15, -0.1) is 0 Å². The first-order chi connectivity index (χ1) is 11.1. The molecule has 0 aliphatic carbocycles. The molecule has 4 heteroatoms. The van der Waals surface area contributed by atoms with Gasteiger partial charge in [0.1, 0.15) is 5.82 Å². The monoisotopic (exact) mass is 311 g/mol. The van der Waals surface area contributed by atoms with Crippen LogP contribution in [0.3, 0.4) is 0 Å². The summed E-state index contributed by atoms with van der Waals surface area (Å²) in [6.07, 6.45) is 4.96. The third-order valence-electron chi connectivity index (χ3n) is 3.58. The highest BCUT2D eigenvalue weighted by molar-refractivity contribution is 5.94. The van der Waals surface area contributed by atoms with Crippen LogP contribution < -0.4 is 10.6 Å². The van der Waals surface area contributed by atoms with Gasteiger partial charge in [-0.3, -0.25) is 4.79 Å². The number of pyridine rings is 1. The van der Waals surface area contributed by atoms with Gasteiger partial charge in [-0.1, -0.05) is 25.8 Å². The number of hydrogen-bond donors (Lipinski definition) is 2. The van der Waals surface area contributed by atoms with E-state index in [1.165, 1.54) is 11.1 Å². The molecule has 2 N–H and O–H groups in total. The lowest BCUT2D eigenvalue weighted by Gasteiger charge is -2.10. The number of rotatable bonds is 7. The van der Waals surface area contributed by atoms with Crippen molar-refractivity contribution in [3.8, 4) is 0 Å². The highest BCUT2D eigenvalue weighted by atomic mass is 16.1. The standard InChI is InChI=1S/C19H25N3O/c1-4-5-6-8-21-19(23)16-7-9-20-18(13-16)22-17-11-14(2)10-15(3)12-17/h7,9-13H,4-6,8H2,1-3H3,(H,20,22)(H,21,23). The number of amides is 1. The summed E-state index contributed by atoms with van der Waals surface area (Å²) in [7, 11) is 0. The molecule has 0 fully saturated rings. The highest BCUT2D eigenvalue weighted by Crippen LogP contribution is 2.18. The number of unbranched alkanes of at least 4 members (excludes halogenated alkanes) is 2. The summed E-state index contributed by atoms with van der Waals surface area (Å²) < 4.78 is 0. The zero-order chi connectivity index (χ0) is 16.7. The molecule has 1 aromatic heterocycles. The van der Waals surface area contributed by atoms with E-state index in [2.05, 4.69) is 54.6 Å². The zero-order valence-electron chi connectivity index (χ0n) is 14.1. The van der Waals surface area contributed by atoms with Gasteiger partial charge in [0.15, 0.2) is 0 Å². The summed E-state index contributed by atoms with van der Waals surface area (Å²) in [5, 5.41) is 6.21. The Labute approximate surface area is 138 Å². The number of hydrogen-bond acceptors (Lipinski definition) is 3. The van der Waals surface area contributed by atoms with Gasteiger partial charge in [0.25, 0.3) is 5.91 Å². The molecular formula is C19H25N3O. The molecular weight excluding hydrogens is 286 g/mol. The second-order valence-electron chi connectivity index (χ2n) is 5.89. The van der Waals surface area contributed by atoms with Crippen molar-refractivity contribution in [2.45, 2.75) is 40.0 Å². The maximum atomic E-state index is 12.2. The number of anilines is 2. The van der Waals surface area contributed by atoms with Crippen molar-refractivity contribution in [2.75, 3.05) is 11.9 Å². The quantitative estimate of drug-likeness (QED) is 0.747. The molecule has 4 nitrogen and oxygen atoms in total. The van der Waals surface area contributed by atoms with E-state index in [1.807, 2.05) is 0 Å². The van der Waals surface area contributed by atoms with E-state index in [4.69, 9.17) is 0 Å². The van der Waals surface area contributed by atoms with Gasteiger partial charge < -0.3 is 10.6 Å². The highest BCUT2D eigenvalue weighted by Gasteiger charge is 2.07. The molecule has 122 valence electrons. The first kappa shape index (κ1) is 17.0. The van der Waals surface area contributed by atoms with Crippen molar-refractivity contribution in [1.29, 1.82) is 0 Å². The van der Waals surface area contributed by atoms with Crippen LogP contribution in [0.1, 0.15) is 47.7 Å². The van der Waals surface area contributed by atoms with Crippen molar-refractivity contribution < 1.29 is 4.79 Å². The second kappa shape index (κ2) is 8.32. The molecule has 0 spiro atoms. The molecule has 0 radical (unpaired) electrons. The predicted octanol–water partition coefficient (Wildman–Crippen LogP) is 4.36. The van der Waals surface area contributed by atoms with E-state index in [1.54, 1.807) is 18.3 Å². The Balaban J connectivity index is 2.03. The van der Waals surface area contributed by atoms with Crippen molar-refractivity contribution in [3.63, 3.8) is 0 Å². The number of aromatic nitrogens is 1. The summed E-state index contributed by atoms with van der Waals surface area (Å²) in [6, 6.07) is 9.77. The average Bonchev–Trinajstić information content (AvgIpc) is 2.50. The van der Waals surface area contributed by atoms with Gasteiger partial charge in [-0.05, 0) is 55.7 Å². The van der Waals surface area contributed by atoms with Crippen LogP contribution in [0.25, 0.3) is 0 Å². The van der Waals surface area contributed by atoms with Gasteiger partial charge in [0.05, 0.1) is 0 Å². The van der Waals surface area contributed by atoms with Gasteiger partial charge >= 0.3 is 0 Å². The summed E-state index contributed by atoms with van der Waals surface area (Å²) in [5.74, 6) is 0.628. The van der Waals surface area contributed by atoms with Crippen LogP contribution in [-0.4, -0.2) is 17.4 Å². The van der Waals surface area contributed by atoms with Crippen LogP contribution >= 0.6 is 0 Å². The summed E-state index contributed by atoms with van der Waals surface area (Å²) >= 11 is 0. The van der Waals surface area contributed by atoms with E-state index in [-0.39, 0.29) is 5.91 Å². The van der Waals surface area contributed by atoms with Crippen LogP contribution in [0.15, 0.2) is 36.5 Å². The Bertz CT molecular complexity index is 647. The lowest BCUT2D eigenvalue weighted by molar-refractivity contribution is 0.0953. The second-order valence-corrected chi connectivity index (χ2v) is 5.89. The molecule has 0 unspecified atom stereocenters. The molecule has 0 atom stereocenters. The smallest absolute Gasteiger partial charge is 0.251 e. The van der Waals surface area contributed by atoms with E-state index in [9.17, 15) is 4.79 Å². The summed E-state index contributed by atoms with van der Waals surface area (Å²) in [5.41, 5.74) is 3.99. The molecule has 23 heavy (non-hydrogen) atoms. The number of nitrogens with zero attached hydrogens (tertiary/aromatic N) is 1. The predicted molar refractivity (Wildman–Crippen MR) is 95.3 cm³/mol. The minimum absolute atomic E-state index is 0.0491. The zero-order valence-corrected chi connectivity index (χ0v) is 14.1. The molecule has 1 aromatic carbocycles. The Morgan fingerprint density at radius 1 is 1.09 bits per heavy atom. The number of nitrogens with one attached hydrogen (secondary N) is 2. The van der Waals surface area contributed by atoms with Gasteiger partial charge in [-0.25, -0.2) is 4.98 Å². The Hall–Kier alpha value is -2.36. The number of benzene rings is 1. The summed E-state index contributed by atoms with van der Waals surface area (Å²) in [4.78, 5) is 16.4. The largest absolute Gasteiger partial charge is 0.352 e. The Morgan fingerprint density at radius 3 is 2.52 bits per heavy atom. The Morgan fingerprint density at radius 2 is 1.83 bits per heavy atom. The summed E-state index contributed by atoms with van der Waals surface area (Å²) in [6.45, 7) is 6.99. The maximum Gasteiger partial charge on any atom is 0.251 e. The molecule has 1 amide bonds. The van der Waals surface area contributed by atoms with Crippen LogP contribution in [0.4, 0.5) is 11.5 Å². The molecule has 0 aliphatic rings. The van der Waals surface area contributed by atoms with Gasteiger partial charge in [-0.2, -0.15) is 0 Å². The van der Waals surface area contributed by atoms with E-state index in [0.717, 1.165) is 31.5 Å². The topological polar surface area (TPSA) is 54.0 Å². The van der Waals surface area contributed by atoms with Gasteiger partial charge in [0, 0.05) is 24.0 Å². The van der Waals surface area contributed by atoms with E-state index >= 15 is 0 Å². The molecule has 2 rings (SSSR count). The first-order valence-corrected chi connectivity index (χ1v) is 8.18. The van der Waals surface area contributed by atoms with Crippen LogP contribution in [0.2, 0.25) is 0 Å².